The van der Waals surface area contributed by atoms with Crippen LogP contribution in [0.25, 0.3) is 11.1 Å². The van der Waals surface area contributed by atoms with E-state index in [1.807, 2.05) is 25.1 Å². The van der Waals surface area contributed by atoms with E-state index in [4.69, 9.17) is 23.7 Å². The second-order valence-corrected chi connectivity index (χ2v) is 10.6. The molecule has 0 aromatic heterocycles. The van der Waals surface area contributed by atoms with Crippen LogP contribution < -0.4 is 14.2 Å². The predicted octanol–water partition coefficient (Wildman–Crippen LogP) is 6.84. The molecule has 6 heteroatoms. The molecule has 0 bridgehead atoms. The summed E-state index contributed by atoms with van der Waals surface area (Å²) in [6.45, 7) is 12.0. The number of methoxy groups -OCH3 is 1. The number of rotatable bonds is 8. The molecule has 0 amide bonds. The van der Waals surface area contributed by atoms with Crippen molar-refractivity contribution in [3.8, 4) is 28.4 Å². The van der Waals surface area contributed by atoms with E-state index in [2.05, 4.69) is 58.0 Å². The Morgan fingerprint density at radius 3 is 2.66 bits per heavy atom. The van der Waals surface area contributed by atoms with Crippen molar-refractivity contribution < 1.29 is 28.5 Å². The Bertz CT molecular complexity index is 1360. The Labute approximate surface area is 224 Å². The van der Waals surface area contributed by atoms with E-state index >= 15 is 0 Å². The van der Waals surface area contributed by atoms with Crippen molar-refractivity contribution >= 4 is 5.97 Å². The summed E-state index contributed by atoms with van der Waals surface area (Å²) in [7, 11) is 1.41. The molecule has 0 saturated carbocycles. The molecule has 2 aliphatic heterocycles. The molecule has 200 valence electrons. The molecule has 2 atom stereocenters. The van der Waals surface area contributed by atoms with Gasteiger partial charge in [-0.15, -0.1) is 0 Å². The molecule has 0 saturated heterocycles. The van der Waals surface area contributed by atoms with Crippen LogP contribution in [0.15, 0.2) is 48.5 Å². The lowest BCUT2D eigenvalue weighted by molar-refractivity contribution is -0.141. The fourth-order valence-corrected chi connectivity index (χ4v) is 5.74. The van der Waals surface area contributed by atoms with Crippen LogP contribution in [0.3, 0.4) is 0 Å². The highest BCUT2D eigenvalue weighted by molar-refractivity contribution is 5.75. The van der Waals surface area contributed by atoms with Gasteiger partial charge in [0.15, 0.2) is 0 Å². The van der Waals surface area contributed by atoms with Crippen molar-refractivity contribution in [3.05, 3.63) is 76.3 Å². The number of fused-ring (bicyclic) bond motifs is 2. The van der Waals surface area contributed by atoms with Crippen molar-refractivity contribution in [1.82, 2.24) is 0 Å². The van der Waals surface area contributed by atoms with Crippen LogP contribution in [0.5, 0.6) is 17.2 Å². The maximum Gasteiger partial charge on any atom is 0.306 e. The van der Waals surface area contributed by atoms with Crippen LogP contribution in [0.4, 0.5) is 0 Å². The number of esters is 1. The summed E-state index contributed by atoms with van der Waals surface area (Å²) in [5, 5.41) is 0. The molecule has 3 aromatic rings. The first kappa shape index (κ1) is 26.1. The lowest BCUT2D eigenvalue weighted by Crippen LogP contribution is -2.32. The summed E-state index contributed by atoms with van der Waals surface area (Å²) in [6.07, 6.45) is 0.204. The number of hydrogen-bond acceptors (Lipinski definition) is 6. The molecule has 2 unspecified atom stereocenters. The van der Waals surface area contributed by atoms with Gasteiger partial charge in [0.05, 0.1) is 20.1 Å². The van der Waals surface area contributed by atoms with Crippen LogP contribution in [0.1, 0.15) is 67.0 Å². The van der Waals surface area contributed by atoms with E-state index in [-0.39, 0.29) is 18.0 Å². The van der Waals surface area contributed by atoms with E-state index in [9.17, 15) is 4.79 Å². The van der Waals surface area contributed by atoms with Gasteiger partial charge in [0.2, 0.25) is 0 Å². The zero-order valence-electron chi connectivity index (χ0n) is 23.1. The Balaban J connectivity index is 1.36. The lowest BCUT2D eigenvalue weighted by Gasteiger charge is -2.26. The van der Waals surface area contributed by atoms with E-state index in [0.717, 1.165) is 39.5 Å². The zero-order valence-corrected chi connectivity index (χ0v) is 23.1. The Morgan fingerprint density at radius 2 is 1.89 bits per heavy atom. The molecule has 0 spiro atoms. The first-order valence-electron chi connectivity index (χ1n) is 13.2. The predicted molar refractivity (Wildman–Crippen MR) is 146 cm³/mol. The van der Waals surface area contributed by atoms with Crippen molar-refractivity contribution in [1.29, 1.82) is 0 Å². The molecule has 38 heavy (non-hydrogen) atoms. The monoisotopic (exact) mass is 516 g/mol. The van der Waals surface area contributed by atoms with Crippen LogP contribution in [-0.2, 0) is 20.9 Å². The standard InChI is InChI=1S/C32H36O6/c1-7-35-31-30-20(3)29(19(2)13-27(30)38-32(31,4)5)22-10-8-9-21(14-22)17-36-24-11-12-25-23(15-28(33)34-6)18-37-26(25)16-24/h8-14,16,23,31H,7,15,17-18H2,1-6H3. The van der Waals surface area contributed by atoms with Gasteiger partial charge in [0, 0.05) is 29.7 Å². The van der Waals surface area contributed by atoms with Gasteiger partial charge in [-0.1, -0.05) is 24.3 Å². The normalized spacial score (nSPS) is 18.8. The average Bonchev–Trinajstić information content (AvgIpc) is 3.39. The summed E-state index contributed by atoms with van der Waals surface area (Å²) in [5.41, 5.74) is 7.54. The van der Waals surface area contributed by atoms with Crippen LogP contribution in [-0.4, -0.2) is 31.9 Å². The topological polar surface area (TPSA) is 63.2 Å². The van der Waals surface area contributed by atoms with Crippen molar-refractivity contribution in [3.63, 3.8) is 0 Å². The summed E-state index contributed by atoms with van der Waals surface area (Å²) in [6, 6.07) is 16.4. The van der Waals surface area contributed by atoms with Gasteiger partial charge in [-0.05, 0) is 80.6 Å². The van der Waals surface area contributed by atoms with Crippen molar-refractivity contribution in [2.45, 2.75) is 65.3 Å². The molecule has 3 aromatic carbocycles. The van der Waals surface area contributed by atoms with Gasteiger partial charge in [-0.3, -0.25) is 4.79 Å². The molecule has 0 radical (unpaired) electrons. The van der Waals surface area contributed by atoms with Gasteiger partial charge in [-0.2, -0.15) is 0 Å². The van der Waals surface area contributed by atoms with Gasteiger partial charge in [0.1, 0.15) is 35.6 Å². The smallest absolute Gasteiger partial charge is 0.306 e. The fourth-order valence-electron chi connectivity index (χ4n) is 5.74. The fraction of sp³-hybridized carbons (Fsp3) is 0.406. The molecular formula is C32H36O6. The summed E-state index contributed by atoms with van der Waals surface area (Å²) in [5.74, 6) is 2.20. The summed E-state index contributed by atoms with van der Waals surface area (Å²) >= 11 is 0. The number of ether oxygens (including phenoxy) is 5. The Hall–Kier alpha value is -3.51. The highest BCUT2D eigenvalue weighted by atomic mass is 16.6. The largest absolute Gasteiger partial charge is 0.492 e. The first-order chi connectivity index (χ1) is 18.2. The summed E-state index contributed by atoms with van der Waals surface area (Å²) in [4.78, 5) is 11.7. The van der Waals surface area contributed by atoms with Gasteiger partial charge in [-0.25, -0.2) is 0 Å². The van der Waals surface area contributed by atoms with Crippen LogP contribution in [0, 0.1) is 13.8 Å². The zero-order chi connectivity index (χ0) is 27.0. The maximum atomic E-state index is 11.7. The maximum absolute atomic E-state index is 11.7. The number of hydrogen-bond donors (Lipinski definition) is 0. The summed E-state index contributed by atoms with van der Waals surface area (Å²) < 4.78 is 29.2. The van der Waals surface area contributed by atoms with Gasteiger partial charge >= 0.3 is 5.97 Å². The molecule has 2 heterocycles. The Morgan fingerprint density at radius 1 is 1.08 bits per heavy atom. The third-order valence-electron chi connectivity index (χ3n) is 7.51. The minimum absolute atomic E-state index is 0.0141. The van der Waals surface area contributed by atoms with Gasteiger partial charge in [0.25, 0.3) is 0 Å². The quantitative estimate of drug-likeness (QED) is 0.306. The molecule has 0 fully saturated rings. The highest BCUT2D eigenvalue weighted by Gasteiger charge is 2.43. The van der Waals surface area contributed by atoms with Gasteiger partial charge < -0.3 is 23.7 Å². The molecule has 0 N–H and O–H groups in total. The minimum Gasteiger partial charge on any atom is -0.492 e. The number of carbonyl (C=O) groups excluding carboxylic acids is 1. The third kappa shape index (κ3) is 4.85. The molecule has 6 nitrogen and oxygen atoms in total. The molecule has 2 aliphatic rings. The number of carbonyl (C=O) groups is 1. The third-order valence-corrected chi connectivity index (χ3v) is 7.51. The Kier molecular flexibility index (Phi) is 7.10. The second-order valence-electron chi connectivity index (χ2n) is 10.6. The molecule has 0 aliphatic carbocycles. The lowest BCUT2D eigenvalue weighted by atomic mass is 9.87. The molecular weight excluding hydrogens is 480 g/mol. The van der Waals surface area contributed by atoms with Crippen LogP contribution in [0.2, 0.25) is 0 Å². The van der Waals surface area contributed by atoms with Crippen molar-refractivity contribution in [2.75, 3.05) is 20.3 Å². The molecule has 5 rings (SSSR count). The number of benzene rings is 3. The SMILES string of the molecule is CCOC1c2c(cc(C)c(-c3cccc(COc4ccc5c(c4)OCC5CC(=O)OC)c3)c2C)OC1(C)C. The second kappa shape index (κ2) is 10.3. The number of aryl methyl sites for hydroxylation is 1. The highest BCUT2D eigenvalue weighted by Crippen LogP contribution is 2.50. The average molecular weight is 517 g/mol. The van der Waals surface area contributed by atoms with Crippen LogP contribution >= 0.6 is 0 Å². The van der Waals surface area contributed by atoms with E-state index in [1.165, 1.54) is 23.8 Å². The van der Waals surface area contributed by atoms with E-state index < -0.39 is 5.60 Å². The van der Waals surface area contributed by atoms with Crippen molar-refractivity contribution in [2.24, 2.45) is 0 Å². The minimum atomic E-state index is -0.414. The van der Waals surface area contributed by atoms with E-state index in [1.54, 1.807) is 0 Å². The van der Waals surface area contributed by atoms with E-state index in [0.29, 0.717) is 26.2 Å². The first-order valence-corrected chi connectivity index (χ1v) is 13.2.